The van der Waals surface area contributed by atoms with Crippen molar-refractivity contribution in [3.8, 4) is 11.3 Å². The average molecular weight is 389 g/mol. The first kappa shape index (κ1) is 18.0. The molecule has 7 heteroatoms. The molecule has 0 unspecified atom stereocenters. The second-order valence-corrected chi connectivity index (χ2v) is 7.24. The third kappa shape index (κ3) is 3.43. The number of aliphatic hydroxyl groups is 1. The molecule has 1 fully saturated rings. The molecule has 1 N–H and O–H groups in total. The van der Waals surface area contributed by atoms with Gasteiger partial charge in [-0.15, -0.1) is 0 Å². The van der Waals surface area contributed by atoms with Crippen LogP contribution in [0.5, 0.6) is 0 Å². The van der Waals surface area contributed by atoms with Gasteiger partial charge in [0.05, 0.1) is 25.5 Å². The van der Waals surface area contributed by atoms with Crippen molar-refractivity contribution in [3.63, 3.8) is 0 Å². The number of fused-ring (bicyclic) bond motifs is 1. The smallest absolute Gasteiger partial charge is 0.228 e. The molecule has 5 rings (SSSR count). The maximum Gasteiger partial charge on any atom is 0.228 e. The van der Waals surface area contributed by atoms with Gasteiger partial charge in [0.1, 0.15) is 5.82 Å². The van der Waals surface area contributed by atoms with Gasteiger partial charge in [0.25, 0.3) is 0 Å². The van der Waals surface area contributed by atoms with Gasteiger partial charge in [-0.25, -0.2) is 4.98 Å². The van der Waals surface area contributed by atoms with Crippen LogP contribution < -0.4 is 9.80 Å². The molecule has 7 nitrogen and oxygen atoms in total. The SMILES string of the molecule is OCc1ccc(-c2nc(N3CCOCC3)nc3c2CCN3c2ccncc2)cc1. The van der Waals surface area contributed by atoms with Crippen LogP contribution in [-0.4, -0.2) is 52.9 Å². The highest BCUT2D eigenvalue weighted by Gasteiger charge is 2.29. The number of ether oxygens (including phenoxy) is 1. The van der Waals surface area contributed by atoms with Crippen LogP contribution in [-0.2, 0) is 17.8 Å². The highest BCUT2D eigenvalue weighted by atomic mass is 16.5. The van der Waals surface area contributed by atoms with Gasteiger partial charge in [0, 0.05) is 48.8 Å². The number of morpholine rings is 1. The molecule has 2 aromatic heterocycles. The van der Waals surface area contributed by atoms with E-state index >= 15 is 0 Å². The predicted molar refractivity (Wildman–Crippen MR) is 111 cm³/mol. The third-order valence-corrected chi connectivity index (χ3v) is 5.49. The van der Waals surface area contributed by atoms with Crippen LogP contribution in [0, 0.1) is 0 Å². The lowest BCUT2D eigenvalue weighted by atomic mass is 10.0. The van der Waals surface area contributed by atoms with Gasteiger partial charge in [-0.05, 0) is 24.1 Å². The normalized spacial score (nSPS) is 16.2. The summed E-state index contributed by atoms with van der Waals surface area (Å²) in [4.78, 5) is 18.5. The van der Waals surface area contributed by atoms with E-state index in [1.165, 1.54) is 0 Å². The Balaban J connectivity index is 1.62. The minimum absolute atomic E-state index is 0.0387. The summed E-state index contributed by atoms with van der Waals surface area (Å²) < 4.78 is 5.51. The molecule has 2 aliphatic rings. The molecule has 0 amide bonds. The average Bonchev–Trinajstić information content (AvgIpc) is 3.24. The Kier molecular flexibility index (Phi) is 4.83. The molecule has 0 saturated carbocycles. The van der Waals surface area contributed by atoms with Crippen LogP contribution in [0.4, 0.5) is 17.5 Å². The van der Waals surface area contributed by atoms with Gasteiger partial charge in [0.15, 0.2) is 0 Å². The Labute approximate surface area is 169 Å². The second-order valence-electron chi connectivity index (χ2n) is 7.24. The van der Waals surface area contributed by atoms with Gasteiger partial charge in [0.2, 0.25) is 5.95 Å². The summed E-state index contributed by atoms with van der Waals surface area (Å²) >= 11 is 0. The summed E-state index contributed by atoms with van der Waals surface area (Å²) in [5.74, 6) is 1.71. The lowest BCUT2D eigenvalue weighted by molar-refractivity contribution is 0.122. The van der Waals surface area contributed by atoms with E-state index in [4.69, 9.17) is 14.7 Å². The second kappa shape index (κ2) is 7.77. The summed E-state index contributed by atoms with van der Waals surface area (Å²) in [6.45, 7) is 3.86. The predicted octanol–water partition coefficient (Wildman–Crippen LogP) is 2.56. The van der Waals surface area contributed by atoms with Gasteiger partial charge in [-0.2, -0.15) is 4.98 Å². The summed E-state index contributed by atoms with van der Waals surface area (Å²) in [6, 6.07) is 12.0. The molecule has 0 atom stereocenters. The van der Waals surface area contributed by atoms with Gasteiger partial charge < -0.3 is 19.6 Å². The number of hydrogen-bond acceptors (Lipinski definition) is 7. The van der Waals surface area contributed by atoms with Crippen molar-refractivity contribution in [1.82, 2.24) is 15.0 Å². The molecule has 4 heterocycles. The first-order valence-electron chi connectivity index (χ1n) is 9.95. The number of aromatic nitrogens is 3. The van der Waals surface area contributed by atoms with Crippen LogP contribution in [0.3, 0.4) is 0 Å². The Bertz CT molecular complexity index is 988. The van der Waals surface area contributed by atoms with E-state index in [1.54, 1.807) is 0 Å². The van der Waals surface area contributed by atoms with Crippen molar-refractivity contribution < 1.29 is 9.84 Å². The van der Waals surface area contributed by atoms with E-state index in [9.17, 15) is 5.11 Å². The Morgan fingerprint density at radius 2 is 1.69 bits per heavy atom. The summed E-state index contributed by atoms with van der Waals surface area (Å²) in [5, 5.41) is 9.37. The van der Waals surface area contributed by atoms with Crippen molar-refractivity contribution in [2.24, 2.45) is 0 Å². The van der Waals surface area contributed by atoms with Crippen LogP contribution in [0.2, 0.25) is 0 Å². The van der Waals surface area contributed by atoms with E-state index < -0.39 is 0 Å². The van der Waals surface area contributed by atoms with Crippen LogP contribution >= 0.6 is 0 Å². The number of pyridine rings is 1. The van der Waals surface area contributed by atoms with E-state index in [2.05, 4.69) is 14.8 Å². The number of anilines is 3. The summed E-state index contributed by atoms with van der Waals surface area (Å²) in [7, 11) is 0. The van der Waals surface area contributed by atoms with Crippen LogP contribution in [0.15, 0.2) is 48.8 Å². The topological polar surface area (TPSA) is 74.6 Å². The van der Waals surface area contributed by atoms with Crippen LogP contribution in [0.1, 0.15) is 11.1 Å². The minimum Gasteiger partial charge on any atom is -0.392 e. The molecule has 0 radical (unpaired) electrons. The number of aliphatic hydroxyl groups excluding tert-OH is 1. The van der Waals surface area contributed by atoms with Crippen molar-refractivity contribution >= 4 is 17.5 Å². The molecular weight excluding hydrogens is 366 g/mol. The minimum atomic E-state index is 0.0387. The fraction of sp³-hybridized carbons (Fsp3) is 0.318. The van der Waals surface area contributed by atoms with E-state index in [0.29, 0.717) is 13.2 Å². The zero-order valence-electron chi connectivity index (χ0n) is 16.2. The number of benzene rings is 1. The van der Waals surface area contributed by atoms with Gasteiger partial charge in [-0.3, -0.25) is 4.98 Å². The largest absolute Gasteiger partial charge is 0.392 e. The van der Waals surface area contributed by atoms with Crippen molar-refractivity contribution in [2.75, 3.05) is 42.6 Å². The Morgan fingerprint density at radius 3 is 2.41 bits per heavy atom. The molecule has 0 aliphatic carbocycles. The van der Waals surface area contributed by atoms with Crippen molar-refractivity contribution in [2.45, 2.75) is 13.0 Å². The highest BCUT2D eigenvalue weighted by Crippen LogP contribution is 2.39. The third-order valence-electron chi connectivity index (χ3n) is 5.49. The van der Waals surface area contributed by atoms with E-state index in [-0.39, 0.29) is 6.61 Å². The summed E-state index contributed by atoms with van der Waals surface area (Å²) in [5.41, 5.74) is 5.17. The number of hydrogen-bond donors (Lipinski definition) is 1. The Morgan fingerprint density at radius 1 is 0.931 bits per heavy atom. The standard InChI is InChI=1S/C22H23N5O2/c28-15-16-1-3-17(4-2-16)20-19-7-10-27(18-5-8-23-9-6-18)21(19)25-22(24-20)26-11-13-29-14-12-26/h1-6,8-9,28H,7,10-15H2. The molecule has 0 bridgehead atoms. The van der Waals surface area contributed by atoms with E-state index in [0.717, 1.165) is 65.9 Å². The Hall–Kier alpha value is -3.03. The molecular formula is C22H23N5O2. The van der Waals surface area contributed by atoms with Crippen molar-refractivity contribution in [3.05, 3.63) is 59.9 Å². The van der Waals surface area contributed by atoms with Crippen LogP contribution in [0.25, 0.3) is 11.3 Å². The molecule has 3 aromatic rings. The number of rotatable bonds is 4. The lowest BCUT2D eigenvalue weighted by Gasteiger charge is -2.28. The molecule has 1 saturated heterocycles. The maximum absolute atomic E-state index is 9.37. The monoisotopic (exact) mass is 389 g/mol. The quantitative estimate of drug-likeness (QED) is 0.735. The zero-order chi connectivity index (χ0) is 19.6. The molecule has 29 heavy (non-hydrogen) atoms. The van der Waals surface area contributed by atoms with E-state index in [1.807, 2.05) is 48.8 Å². The number of nitrogens with zero attached hydrogens (tertiary/aromatic N) is 5. The highest BCUT2D eigenvalue weighted by molar-refractivity contribution is 5.77. The maximum atomic E-state index is 9.37. The van der Waals surface area contributed by atoms with Gasteiger partial charge in [-0.1, -0.05) is 24.3 Å². The van der Waals surface area contributed by atoms with Crippen molar-refractivity contribution in [1.29, 1.82) is 0 Å². The molecule has 148 valence electrons. The lowest BCUT2D eigenvalue weighted by Crippen LogP contribution is -2.37. The molecule has 1 aromatic carbocycles. The van der Waals surface area contributed by atoms with Gasteiger partial charge >= 0.3 is 0 Å². The summed E-state index contributed by atoms with van der Waals surface area (Å²) in [6.07, 6.45) is 4.51. The zero-order valence-corrected chi connectivity index (χ0v) is 16.2. The first-order valence-corrected chi connectivity index (χ1v) is 9.95. The molecule has 2 aliphatic heterocycles. The fourth-order valence-electron chi connectivity index (χ4n) is 3.93. The first-order chi connectivity index (χ1) is 14.3. The molecule has 0 spiro atoms. The fourth-order valence-corrected chi connectivity index (χ4v) is 3.93.